The fraction of sp³-hybridized carbons (Fsp3) is 0.375. The molecule has 0 heterocycles. The highest BCUT2D eigenvalue weighted by Gasteiger charge is 2.34. The fourth-order valence-electron chi connectivity index (χ4n) is 0.967. The van der Waals surface area contributed by atoms with Gasteiger partial charge in [-0.1, -0.05) is 0 Å². The van der Waals surface area contributed by atoms with Crippen LogP contribution in [0.4, 0.5) is 0 Å². The van der Waals surface area contributed by atoms with Crippen molar-refractivity contribution in [1.29, 1.82) is 0 Å². The van der Waals surface area contributed by atoms with E-state index in [-0.39, 0.29) is 5.76 Å². The Morgan fingerprint density at radius 3 is 2.33 bits per heavy atom. The molecule has 0 aromatic heterocycles. The van der Waals surface area contributed by atoms with Crippen molar-refractivity contribution in [2.45, 2.75) is 6.92 Å². The van der Waals surface area contributed by atoms with Crippen LogP contribution in [0.25, 0.3) is 0 Å². The van der Waals surface area contributed by atoms with Crippen molar-refractivity contribution in [3.63, 3.8) is 0 Å². The van der Waals surface area contributed by atoms with Crippen molar-refractivity contribution in [2.75, 3.05) is 7.11 Å². The van der Waals surface area contributed by atoms with Crippen LogP contribution in [0.5, 0.6) is 0 Å². The van der Waals surface area contributed by atoms with Gasteiger partial charge in [0.25, 0.3) is 0 Å². The zero-order chi connectivity index (χ0) is 9.30. The Kier molecular flexibility index (Phi) is 2.08. The summed E-state index contributed by atoms with van der Waals surface area (Å²) in [7, 11) is 1.29. The van der Waals surface area contributed by atoms with Gasteiger partial charge in [-0.3, -0.25) is 14.4 Å². The molecule has 1 rings (SSSR count). The fourth-order valence-corrected chi connectivity index (χ4v) is 0.967. The van der Waals surface area contributed by atoms with E-state index in [4.69, 9.17) is 0 Å². The summed E-state index contributed by atoms with van der Waals surface area (Å²) in [5.74, 6) is -2.69. The quantitative estimate of drug-likeness (QED) is 0.404. The summed E-state index contributed by atoms with van der Waals surface area (Å²) in [6.07, 6.45) is 0.935. The number of ether oxygens (including phenoxy) is 1. The summed E-state index contributed by atoms with van der Waals surface area (Å²) < 4.78 is 4.63. The van der Waals surface area contributed by atoms with Crippen LogP contribution in [0.1, 0.15) is 6.92 Å². The van der Waals surface area contributed by atoms with E-state index in [0.717, 1.165) is 6.08 Å². The Hall–Kier alpha value is -1.45. The summed E-state index contributed by atoms with van der Waals surface area (Å²) >= 11 is 0. The maximum absolute atomic E-state index is 11.1. The molecule has 1 unspecified atom stereocenters. The van der Waals surface area contributed by atoms with Crippen LogP contribution < -0.4 is 0 Å². The molecule has 0 N–H and O–H groups in total. The molecular weight excluding hydrogens is 160 g/mol. The highest BCUT2D eigenvalue weighted by atomic mass is 16.5. The first-order chi connectivity index (χ1) is 5.57. The van der Waals surface area contributed by atoms with Crippen molar-refractivity contribution >= 4 is 17.3 Å². The Labute approximate surface area is 69.2 Å². The molecular formula is C8H8O4. The maximum atomic E-state index is 11.1. The molecule has 4 heteroatoms. The number of ketones is 3. The van der Waals surface area contributed by atoms with E-state index in [2.05, 4.69) is 4.74 Å². The number of hydrogen-bond donors (Lipinski definition) is 0. The first-order valence-corrected chi connectivity index (χ1v) is 3.46. The second-order valence-electron chi connectivity index (χ2n) is 2.53. The molecule has 4 nitrogen and oxygen atoms in total. The van der Waals surface area contributed by atoms with Crippen molar-refractivity contribution < 1.29 is 19.1 Å². The summed E-state index contributed by atoms with van der Waals surface area (Å²) in [6, 6.07) is 0. The molecule has 64 valence electrons. The predicted octanol–water partition coefficient (Wildman–Crippen LogP) is -0.126. The minimum atomic E-state index is -0.891. The van der Waals surface area contributed by atoms with Crippen LogP contribution >= 0.6 is 0 Å². The lowest BCUT2D eigenvalue weighted by Gasteiger charge is -2.13. The largest absolute Gasteiger partial charge is 0.493 e. The number of Topliss-reactive ketones (excluding diaryl/α,β-unsaturated/α-hetero) is 2. The lowest BCUT2D eigenvalue weighted by atomic mass is 9.91. The van der Waals surface area contributed by atoms with Gasteiger partial charge >= 0.3 is 0 Å². The molecule has 12 heavy (non-hydrogen) atoms. The predicted molar refractivity (Wildman–Crippen MR) is 39.3 cm³/mol. The van der Waals surface area contributed by atoms with Gasteiger partial charge in [0, 0.05) is 6.08 Å². The van der Waals surface area contributed by atoms with Crippen LogP contribution in [0, 0.1) is 5.92 Å². The molecule has 0 fully saturated rings. The highest BCUT2D eigenvalue weighted by molar-refractivity contribution is 6.48. The highest BCUT2D eigenvalue weighted by Crippen LogP contribution is 2.14. The second-order valence-corrected chi connectivity index (χ2v) is 2.53. The standard InChI is InChI=1S/C8H8O4/c1-4-7(10)5(9)3-6(12-2)8(4)11/h3-4H,1-2H3. The molecule has 0 spiro atoms. The molecule has 1 aliphatic carbocycles. The third-order valence-corrected chi connectivity index (χ3v) is 1.75. The minimum absolute atomic E-state index is 0.0351. The SMILES string of the molecule is COC1=CC(=O)C(=O)C(C)C1=O. The topological polar surface area (TPSA) is 60.4 Å². The van der Waals surface area contributed by atoms with Crippen LogP contribution in [0.3, 0.4) is 0 Å². The average molecular weight is 168 g/mol. The monoisotopic (exact) mass is 168 g/mol. The van der Waals surface area contributed by atoms with Gasteiger partial charge in [-0.2, -0.15) is 0 Å². The average Bonchev–Trinajstić information content (AvgIpc) is 2.08. The lowest BCUT2D eigenvalue weighted by Crippen LogP contribution is -2.33. The maximum Gasteiger partial charge on any atom is 0.225 e. The zero-order valence-corrected chi connectivity index (χ0v) is 6.79. The first-order valence-electron chi connectivity index (χ1n) is 3.46. The van der Waals surface area contributed by atoms with E-state index in [0.29, 0.717) is 0 Å². The molecule has 0 aromatic carbocycles. The zero-order valence-electron chi connectivity index (χ0n) is 6.79. The van der Waals surface area contributed by atoms with Crippen LogP contribution in [0.15, 0.2) is 11.8 Å². The van der Waals surface area contributed by atoms with Gasteiger partial charge in [0.2, 0.25) is 17.3 Å². The van der Waals surface area contributed by atoms with Gasteiger partial charge in [-0.15, -0.1) is 0 Å². The van der Waals surface area contributed by atoms with E-state index < -0.39 is 23.3 Å². The van der Waals surface area contributed by atoms with Gasteiger partial charge in [0.05, 0.1) is 13.0 Å². The third-order valence-electron chi connectivity index (χ3n) is 1.75. The molecule has 0 saturated heterocycles. The Balaban J connectivity index is 3.08. The molecule has 1 atom stereocenters. The van der Waals surface area contributed by atoms with E-state index in [1.54, 1.807) is 0 Å². The van der Waals surface area contributed by atoms with Gasteiger partial charge in [-0.25, -0.2) is 0 Å². The van der Waals surface area contributed by atoms with Crippen LogP contribution in [-0.4, -0.2) is 24.5 Å². The smallest absolute Gasteiger partial charge is 0.225 e. The Morgan fingerprint density at radius 2 is 1.83 bits per heavy atom. The lowest BCUT2D eigenvalue weighted by molar-refractivity contribution is -0.141. The van der Waals surface area contributed by atoms with Gasteiger partial charge in [0.1, 0.15) is 0 Å². The summed E-state index contributed by atoms with van der Waals surface area (Å²) in [5.41, 5.74) is 0. The molecule has 1 aliphatic rings. The van der Waals surface area contributed by atoms with Crippen LogP contribution in [0.2, 0.25) is 0 Å². The molecule has 0 radical (unpaired) electrons. The Morgan fingerprint density at radius 1 is 1.25 bits per heavy atom. The first kappa shape index (κ1) is 8.64. The number of carbonyl (C=O) groups excluding carboxylic acids is 3. The van der Waals surface area contributed by atoms with Gasteiger partial charge < -0.3 is 4.74 Å². The minimum Gasteiger partial charge on any atom is -0.493 e. The number of rotatable bonds is 1. The molecule has 0 aliphatic heterocycles. The van der Waals surface area contributed by atoms with E-state index in [1.165, 1.54) is 14.0 Å². The Bertz CT molecular complexity index is 287. The van der Waals surface area contributed by atoms with E-state index in [9.17, 15) is 14.4 Å². The van der Waals surface area contributed by atoms with Crippen molar-refractivity contribution in [3.05, 3.63) is 11.8 Å². The summed E-state index contributed by atoms with van der Waals surface area (Å²) in [4.78, 5) is 32.9. The van der Waals surface area contributed by atoms with Crippen molar-refractivity contribution in [1.82, 2.24) is 0 Å². The third kappa shape index (κ3) is 1.15. The van der Waals surface area contributed by atoms with Gasteiger partial charge in [0.15, 0.2) is 5.76 Å². The second kappa shape index (κ2) is 2.89. The molecule has 0 aromatic rings. The van der Waals surface area contributed by atoms with Crippen molar-refractivity contribution in [2.24, 2.45) is 5.92 Å². The number of allylic oxidation sites excluding steroid dienone is 2. The number of carbonyl (C=O) groups is 3. The number of methoxy groups -OCH3 is 1. The van der Waals surface area contributed by atoms with Crippen LogP contribution in [-0.2, 0) is 19.1 Å². The van der Waals surface area contributed by atoms with Crippen molar-refractivity contribution in [3.8, 4) is 0 Å². The normalized spacial score (nSPS) is 24.0. The molecule has 0 saturated carbocycles. The summed E-state index contributed by atoms with van der Waals surface area (Å²) in [6.45, 7) is 1.40. The molecule has 0 bridgehead atoms. The van der Waals surface area contributed by atoms with E-state index in [1.807, 2.05) is 0 Å². The summed E-state index contributed by atoms with van der Waals surface area (Å²) in [5, 5.41) is 0. The molecule has 0 amide bonds. The number of hydrogen-bond acceptors (Lipinski definition) is 4. The van der Waals surface area contributed by atoms with E-state index >= 15 is 0 Å². The van der Waals surface area contributed by atoms with Gasteiger partial charge in [-0.05, 0) is 6.92 Å².